The zero-order valence-electron chi connectivity index (χ0n) is 12.4. The second-order valence-electron chi connectivity index (χ2n) is 5.38. The SMILES string of the molecule is O=C(Cn1cc2c(=O)oc3ccccc3c2n1)c1ccccc1Cl. The normalized spacial score (nSPS) is 11.2. The van der Waals surface area contributed by atoms with Gasteiger partial charge in [0.25, 0.3) is 0 Å². The van der Waals surface area contributed by atoms with E-state index in [4.69, 9.17) is 16.0 Å². The van der Waals surface area contributed by atoms with Crippen LogP contribution in [0.5, 0.6) is 0 Å². The number of hydrogen-bond donors (Lipinski definition) is 0. The van der Waals surface area contributed by atoms with Gasteiger partial charge in [-0.15, -0.1) is 0 Å². The number of aromatic nitrogens is 2. The van der Waals surface area contributed by atoms with E-state index in [1.165, 1.54) is 10.9 Å². The first-order valence-corrected chi connectivity index (χ1v) is 7.68. The first kappa shape index (κ1) is 14.7. The van der Waals surface area contributed by atoms with Crippen molar-refractivity contribution in [2.75, 3.05) is 0 Å². The first-order valence-electron chi connectivity index (χ1n) is 7.30. The highest BCUT2D eigenvalue weighted by molar-refractivity contribution is 6.33. The lowest BCUT2D eigenvalue weighted by Gasteiger charge is -2.03. The lowest BCUT2D eigenvalue weighted by Crippen LogP contribution is -2.11. The molecule has 0 bridgehead atoms. The molecule has 0 aliphatic heterocycles. The van der Waals surface area contributed by atoms with Gasteiger partial charge >= 0.3 is 5.63 Å². The maximum absolute atomic E-state index is 12.4. The maximum atomic E-state index is 12.4. The van der Waals surface area contributed by atoms with Crippen LogP contribution in [0.3, 0.4) is 0 Å². The van der Waals surface area contributed by atoms with Gasteiger partial charge in [-0.1, -0.05) is 35.9 Å². The standard InChI is InChI=1S/C18H11ClN2O3/c19-14-7-3-1-5-11(14)15(22)10-21-9-13-17(20-21)12-6-2-4-8-16(12)24-18(13)23/h1-9H,10H2. The fraction of sp³-hybridized carbons (Fsp3) is 0.0556. The topological polar surface area (TPSA) is 65.1 Å². The Morgan fingerprint density at radius 1 is 1.08 bits per heavy atom. The number of benzene rings is 2. The number of hydrogen-bond acceptors (Lipinski definition) is 4. The molecule has 118 valence electrons. The molecule has 6 heteroatoms. The average molecular weight is 339 g/mol. The van der Waals surface area contributed by atoms with E-state index < -0.39 is 5.63 Å². The predicted octanol–water partition coefficient (Wildman–Crippen LogP) is 3.68. The van der Waals surface area contributed by atoms with E-state index in [2.05, 4.69) is 5.10 Å². The molecule has 0 radical (unpaired) electrons. The summed E-state index contributed by atoms with van der Waals surface area (Å²) in [5, 5.41) is 5.86. The minimum atomic E-state index is -0.472. The van der Waals surface area contributed by atoms with Crippen LogP contribution in [0.25, 0.3) is 21.9 Å². The summed E-state index contributed by atoms with van der Waals surface area (Å²) in [6.07, 6.45) is 1.53. The van der Waals surface area contributed by atoms with Gasteiger partial charge in [0, 0.05) is 17.1 Å². The van der Waals surface area contributed by atoms with Crippen molar-refractivity contribution in [2.45, 2.75) is 6.54 Å². The minimum absolute atomic E-state index is 0.00776. The zero-order valence-corrected chi connectivity index (χ0v) is 13.2. The molecule has 24 heavy (non-hydrogen) atoms. The lowest BCUT2D eigenvalue weighted by molar-refractivity contribution is 0.0968. The summed E-state index contributed by atoms with van der Waals surface area (Å²) < 4.78 is 6.73. The number of rotatable bonds is 3. The Kier molecular flexibility index (Phi) is 3.43. The van der Waals surface area contributed by atoms with Crippen LogP contribution in [-0.2, 0) is 6.54 Å². The van der Waals surface area contributed by atoms with Crippen LogP contribution in [0.4, 0.5) is 0 Å². The monoisotopic (exact) mass is 338 g/mol. The van der Waals surface area contributed by atoms with Crippen LogP contribution < -0.4 is 5.63 Å². The van der Waals surface area contributed by atoms with Gasteiger partial charge in [-0.3, -0.25) is 9.48 Å². The lowest BCUT2D eigenvalue weighted by atomic mass is 10.1. The molecule has 0 amide bonds. The Morgan fingerprint density at radius 2 is 1.83 bits per heavy atom. The second-order valence-corrected chi connectivity index (χ2v) is 5.78. The Hall–Kier alpha value is -2.92. The third kappa shape index (κ3) is 2.39. The van der Waals surface area contributed by atoms with Crippen molar-refractivity contribution in [3.05, 3.63) is 75.7 Å². The minimum Gasteiger partial charge on any atom is -0.422 e. The van der Waals surface area contributed by atoms with Crippen molar-refractivity contribution in [1.82, 2.24) is 9.78 Å². The van der Waals surface area contributed by atoms with Crippen molar-refractivity contribution in [3.8, 4) is 0 Å². The Morgan fingerprint density at radius 3 is 2.67 bits per heavy atom. The molecule has 2 aromatic carbocycles. The fourth-order valence-corrected chi connectivity index (χ4v) is 2.92. The summed E-state index contributed by atoms with van der Waals surface area (Å²) in [5.74, 6) is -0.179. The Balaban J connectivity index is 1.80. The number of fused-ring (bicyclic) bond motifs is 3. The molecule has 5 nitrogen and oxygen atoms in total. The number of halogens is 1. The molecular weight excluding hydrogens is 328 g/mol. The number of carbonyl (C=O) groups is 1. The van der Waals surface area contributed by atoms with E-state index in [0.717, 1.165) is 5.39 Å². The third-order valence-electron chi connectivity index (χ3n) is 3.81. The molecule has 4 rings (SSSR count). The molecular formula is C18H11ClN2O3. The van der Waals surface area contributed by atoms with Crippen LogP contribution in [-0.4, -0.2) is 15.6 Å². The van der Waals surface area contributed by atoms with Crippen LogP contribution in [0, 0.1) is 0 Å². The summed E-state index contributed by atoms with van der Waals surface area (Å²) in [6.45, 7) is -0.00776. The third-order valence-corrected chi connectivity index (χ3v) is 4.14. The average Bonchev–Trinajstić information content (AvgIpc) is 3.00. The van der Waals surface area contributed by atoms with E-state index in [1.807, 2.05) is 12.1 Å². The summed E-state index contributed by atoms with van der Waals surface area (Å²) in [4.78, 5) is 24.5. The molecule has 0 aliphatic carbocycles. The van der Waals surface area contributed by atoms with E-state index in [1.54, 1.807) is 36.4 Å². The molecule has 2 aromatic heterocycles. The fourth-order valence-electron chi connectivity index (χ4n) is 2.68. The number of ketones is 1. The number of para-hydroxylation sites is 1. The molecule has 0 N–H and O–H groups in total. The van der Waals surface area contributed by atoms with Crippen molar-refractivity contribution >= 4 is 39.3 Å². The van der Waals surface area contributed by atoms with Gasteiger partial charge in [-0.2, -0.15) is 5.10 Å². The number of nitrogens with zero attached hydrogens (tertiary/aromatic N) is 2. The first-order chi connectivity index (χ1) is 11.6. The van der Waals surface area contributed by atoms with Gasteiger partial charge in [0.15, 0.2) is 5.78 Å². The highest BCUT2D eigenvalue weighted by Gasteiger charge is 2.15. The van der Waals surface area contributed by atoms with E-state index in [9.17, 15) is 9.59 Å². The number of carbonyl (C=O) groups excluding carboxylic acids is 1. The van der Waals surface area contributed by atoms with Gasteiger partial charge in [-0.05, 0) is 24.3 Å². The van der Waals surface area contributed by atoms with Crippen molar-refractivity contribution in [2.24, 2.45) is 0 Å². The molecule has 0 atom stereocenters. The van der Waals surface area contributed by atoms with E-state index in [-0.39, 0.29) is 12.3 Å². The van der Waals surface area contributed by atoms with Crippen molar-refractivity contribution in [1.29, 1.82) is 0 Å². The largest absolute Gasteiger partial charge is 0.422 e. The molecule has 0 spiro atoms. The van der Waals surface area contributed by atoms with Crippen molar-refractivity contribution < 1.29 is 9.21 Å². The van der Waals surface area contributed by atoms with Crippen LogP contribution in [0.2, 0.25) is 5.02 Å². The molecule has 4 aromatic rings. The zero-order chi connectivity index (χ0) is 16.7. The van der Waals surface area contributed by atoms with Gasteiger partial charge in [0.2, 0.25) is 0 Å². The molecule has 0 unspecified atom stereocenters. The molecule has 0 saturated heterocycles. The highest BCUT2D eigenvalue weighted by atomic mass is 35.5. The summed E-state index contributed by atoms with van der Waals surface area (Å²) >= 11 is 6.05. The van der Waals surface area contributed by atoms with Gasteiger partial charge in [0.1, 0.15) is 23.0 Å². The van der Waals surface area contributed by atoms with Crippen molar-refractivity contribution in [3.63, 3.8) is 0 Å². The summed E-state index contributed by atoms with van der Waals surface area (Å²) in [6, 6.07) is 14.0. The predicted molar refractivity (Wildman–Crippen MR) is 91.6 cm³/mol. The number of Topliss-reactive ketones (excluding diaryl/α,β-unsaturated/α-hetero) is 1. The molecule has 0 saturated carbocycles. The van der Waals surface area contributed by atoms with Gasteiger partial charge in [0.05, 0.1) is 5.02 Å². The second kappa shape index (κ2) is 5.62. The summed E-state index contributed by atoms with van der Waals surface area (Å²) in [7, 11) is 0. The van der Waals surface area contributed by atoms with E-state index >= 15 is 0 Å². The Labute approximate surface area is 141 Å². The van der Waals surface area contributed by atoms with E-state index in [0.29, 0.717) is 27.1 Å². The quantitative estimate of drug-likeness (QED) is 0.422. The van der Waals surface area contributed by atoms with Gasteiger partial charge < -0.3 is 4.42 Å². The molecule has 2 heterocycles. The molecule has 0 aliphatic rings. The maximum Gasteiger partial charge on any atom is 0.347 e. The highest BCUT2D eigenvalue weighted by Crippen LogP contribution is 2.21. The van der Waals surface area contributed by atoms with Crippen LogP contribution in [0.1, 0.15) is 10.4 Å². The Bertz CT molecular complexity index is 1140. The summed E-state index contributed by atoms with van der Waals surface area (Å²) in [5.41, 5.74) is 0.947. The molecule has 0 fully saturated rings. The van der Waals surface area contributed by atoms with Gasteiger partial charge in [-0.25, -0.2) is 4.79 Å². The smallest absolute Gasteiger partial charge is 0.347 e. The van der Waals surface area contributed by atoms with Crippen LogP contribution >= 0.6 is 11.6 Å². The van der Waals surface area contributed by atoms with Crippen LogP contribution in [0.15, 0.2) is 63.9 Å².